The first-order valence-electron chi connectivity index (χ1n) is 6.45. The van der Waals surface area contributed by atoms with E-state index in [1.54, 1.807) is 27.0 Å². The largest absolute Gasteiger partial charge is 0.377 e. The molecule has 21 heavy (non-hydrogen) atoms. The second-order valence-electron chi connectivity index (χ2n) is 5.61. The normalized spacial score (nSPS) is 12.3. The lowest BCUT2D eigenvalue weighted by atomic mass is 10.1. The molecule has 6 nitrogen and oxygen atoms in total. The fraction of sp³-hybridized carbons (Fsp3) is 0.500. The monoisotopic (exact) mass is 314 g/mol. The highest BCUT2D eigenvalue weighted by Crippen LogP contribution is 2.20. The molecule has 0 radical (unpaired) electrons. The first kappa shape index (κ1) is 17.6. The number of hydrogen-bond acceptors (Lipinski definition) is 4. The Morgan fingerprint density at radius 2 is 1.90 bits per heavy atom. The van der Waals surface area contributed by atoms with Gasteiger partial charge in [-0.3, -0.25) is 4.79 Å². The topological polar surface area (TPSA) is 98.5 Å². The Morgan fingerprint density at radius 3 is 2.38 bits per heavy atom. The smallest absolute Gasteiger partial charge is 0.251 e. The molecule has 1 aromatic carbocycles. The zero-order valence-electron chi connectivity index (χ0n) is 13.0. The van der Waals surface area contributed by atoms with Crippen LogP contribution in [-0.4, -0.2) is 33.6 Å². The Hall–Kier alpha value is -1.44. The molecule has 0 unspecified atom stereocenters. The molecule has 0 aromatic heterocycles. The van der Waals surface area contributed by atoms with E-state index in [1.165, 1.54) is 6.07 Å². The van der Waals surface area contributed by atoms with Gasteiger partial charge in [0.15, 0.2) is 0 Å². The van der Waals surface area contributed by atoms with Crippen LogP contribution < -0.4 is 10.5 Å². The van der Waals surface area contributed by atoms with E-state index in [1.807, 2.05) is 13.8 Å². The van der Waals surface area contributed by atoms with E-state index in [0.29, 0.717) is 17.7 Å². The second-order valence-corrected chi connectivity index (χ2v) is 7.14. The Balaban J connectivity index is 3.10. The van der Waals surface area contributed by atoms with E-state index in [9.17, 15) is 13.2 Å². The highest BCUT2D eigenvalue weighted by Gasteiger charge is 2.20. The quantitative estimate of drug-likeness (QED) is 0.850. The summed E-state index contributed by atoms with van der Waals surface area (Å²) in [4.78, 5) is 12.1. The molecular formula is C14H22N2O4S. The van der Waals surface area contributed by atoms with E-state index >= 15 is 0 Å². The molecule has 0 heterocycles. The number of primary sulfonamides is 1. The van der Waals surface area contributed by atoms with E-state index in [4.69, 9.17) is 9.88 Å². The van der Waals surface area contributed by atoms with Crippen LogP contribution in [0.4, 0.5) is 0 Å². The minimum atomic E-state index is -3.86. The summed E-state index contributed by atoms with van der Waals surface area (Å²) in [6.45, 7) is 7.37. The molecule has 1 aromatic rings. The van der Waals surface area contributed by atoms with Crippen LogP contribution in [0.25, 0.3) is 0 Å². The van der Waals surface area contributed by atoms with Gasteiger partial charge in [-0.25, -0.2) is 13.6 Å². The molecule has 0 saturated heterocycles. The Morgan fingerprint density at radius 1 is 1.33 bits per heavy atom. The minimum Gasteiger partial charge on any atom is -0.377 e. The maximum Gasteiger partial charge on any atom is 0.251 e. The number of nitrogens with one attached hydrogen (secondary N) is 1. The van der Waals surface area contributed by atoms with Crippen molar-refractivity contribution in [3.05, 3.63) is 28.8 Å². The van der Waals surface area contributed by atoms with Crippen molar-refractivity contribution in [1.82, 2.24) is 5.32 Å². The number of rotatable bonds is 5. The highest BCUT2D eigenvalue weighted by atomic mass is 32.2. The number of aryl methyl sites for hydroxylation is 1. The van der Waals surface area contributed by atoms with Crippen LogP contribution in [0, 0.1) is 13.8 Å². The number of sulfonamides is 1. The number of carbonyl (C=O) groups excluding carboxylic acids is 1. The first-order valence-corrected chi connectivity index (χ1v) is 8.00. The van der Waals surface area contributed by atoms with Crippen molar-refractivity contribution in [2.24, 2.45) is 5.14 Å². The second kappa shape index (κ2) is 6.13. The summed E-state index contributed by atoms with van der Waals surface area (Å²) in [5.41, 5.74) is 0.996. The zero-order chi connectivity index (χ0) is 16.4. The number of benzene rings is 1. The molecule has 3 N–H and O–H groups in total. The lowest BCUT2D eigenvalue weighted by Gasteiger charge is -2.23. The molecule has 0 spiro atoms. The van der Waals surface area contributed by atoms with E-state index < -0.39 is 15.6 Å². The van der Waals surface area contributed by atoms with Gasteiger partial charge in [0.25, 0.3) is 5.91 Å². The Labute approximate surface area is 125 Å². The van der Waals surface area contributed by atoms with Crippen molar-refractivity contribution in [2.75, 3.05) is 13.7 Å². The molecule has 0 aliphatic rings. The summed E-state index contributed by atoms with van der Waals surface area (Å²) in [5.74, 6) is -0.367. The van der Waals surface area contributed by atoms with Crippen LogP contribution in [0.3, 0.4) is 0 Å². The SMILES string of the molecule is COC(C)(C)CNC(=O)c1cc(C)c(C)c(S(N)(=O)=O)c1. The molecule has 0 saturated carbocycles. The third kappa shape index (κ3) is 4.52. The number of ether oxygens (including phenoxy) is 1. The summed E-state index contributed by atoms with van der Waals surface area (Å²) >= 11 is 0. The number of methoxy groups -OCH3 is 1. The molecule has 0 bridgehead atoms. The maximum absolute atomic E-state index is 12.1. The fourth-order valence-corrected chi connectivity index (χ4v) is 2.60. The van der Waals surface area contributed by atoms with E-state index in [2.05, 4.69) is 5.32 Å². The first-order chi connectivity index (χ1) is 9.48. The minimum absolute atomic E-state index is 0.0290. The molecule has 7 heteroatoms. The van der Waals surface area contributed by atoms with Crippen LogP contribution in [0.15, 0.2) is 17.0 Å². The van der Waals surface area contributed by atoms with Gasteiger partial charge in [-0.2, -0.15) is 0 Å². The van der Waals surface area contributed by atoms with Crippen molar-refractivity contribution in [3.63, 3.8) is 0 Å². The molecule has 0 aliphatic carbocycles. The van der Waals surface area contributed by atoms with Crippen LogP contribution in [0.1, 0.15) is 35.3 Å². The third-order valence-electron chi connectivity index (χ3n) is 3.42. The predicted molar refractivity (Wildman–Crippen MR) is 80.7 cm³/mol. The van der Waals surface area contributed by atoms with Crippen LogP contribution in [-0.2, 0) is 14.8 Å². The van der Waals surface area contributed by atoms with Crippen LogP contribution >= 0.6 is 0 Å². The summed E-state index contributed by atoms with van der Waals surface area (Å²) in [6, 6.07) is 2.94. The van der Waals surface area contributed by atoms with Gasteiger partial charge in [0.05, 0.1) is 10.5 Å². The van der Waals surface area contributed by atoms with Crippen LogP contribution in [0.2, 0.25) is 0 Å². The molecule has 1 amide bonds. The van der Waals surface area contributed by atoms with Gasteiger partial charge < -0.3 is 10.1 Å². The number of carbonyl (C=O) groups is 1. The Kier molecular flexibility index (Phi) is 5.14. The van der Waals surface area contributed by atoms with Crippen molar-refractivity contribution in [3.8, 4) is 0 Å². The summed E-state index contributed by atoms with van der Waals surface area (Å²) in [7, 11) is -2.31. The summed E-state index contributed by atoms with van der Waals surface area (Å²) in [5, 5.41) is 7.90. The zero-order valence-corrected chi connectivity index (χ0v) is 13.8. The van der Waals surface area contributed by atoms with Gasteiger partial charge in [0.2, 0.25) is 10.0 Å². The number of amides is 1. The van der Waals surface area contributed by atoms with Crippen LogP contribution in [0.5, 0.6) is 0 Å². The van der Waals surface area contributed by atoms with Crippen molar-refractivity contribution >= 4 is 15.9 Å². The third-order valence-corrected chi connectivity index (χ3v) is 4.45. The lowest BCUT2D eigenvalue weighted by Crippen LogP contribution is -2.39. The van der Waals surface area contributed by atoms with Gasteiger partial charge >= 0.3 is 0 Å². The molecule has 118 valence electrons. The van der Waals surface area contributed by atoms with Gasteiger partial charge in [0.1, 0.15) is 0 Å². The van der Waals surface area contributed by atoms with Gasteiger partial charge in [-0.1, -0.05) is 0 Å². The van der Waals surface area contributed by atoms with Crippen molar-refractivity contribution in [1.29, 1.82) is 0 Å². The van der Waals surface area contributed by atoms with Gasteiger partial charge in [0, 0.05) is 19.2 Å². The summed E-state index contributed by atoms with van der Waals surface area (Å²) < 4.78 is 28.4. The highest BCUT2D eigenvalue weighted by molar-refractivity contribution is 7.89. The number of hydrogen-bond donors (Lipinski definition) is 2. The summed E-state index contributed by atoms with van der Waals surface area (Å²) in [6.07, 6.45) is 0. The fourth-order valence-electron chi connectivity index (χ4n) is 1.72. The van der Waals surface area contributed by atoms with E-state index in [0.717, 1.165) is 0 Å². The van der Waals surface area contributed by atoms with Gasteiger partial charge in [-0.05, 0) is 51.0 Å². The predicted octanol–water partition coefficient (Wildman–Crippen LogP) is 1.11. The average Bonchev–Trinajstić information content (AvgIpc) is 2.37. The maximum atomic E-state index is 12.1. The molecule has 0 aliphatic heterocycles. The van der Waals surface area contributed by atoms with Gasteiger partial charge in [-0.15, -0.1) is 0 Å². The standard InChI is InChI=1S/C14H22N2O4S/c1-9-6-11(7-12(10(9)2)21(15,18)19)13(17)16-8-14(3,4)20-5/h6-7H,8H2,1-5H3,(H,16,17)(H2,15,18,19). The molecule has 0 fully saturated rings. The number of nitrogens with two attached hydrogens (primary N) is 1. The van der Waals surface area contributed by atoms with Crippen molar-refractivity contribution in [2.45, 2.75) is 38.2 Å². The molecule has 0 atom stereocenters. The average molecular weight is 314 g/mol. The lowest BCUT2D eigenvalue weighted by molar-refractivity contribution is 0.0228. The molecular weight excluding hydrogens is 292 g/mol. The van der Waals surface area contributed by atoms with Crippen molar-refractivity contribution < 1.29 is 17.9 Å². The molecule has 1 rings (SSSR count). The Bertz CT molecular complexity index is 651. The van der Waals surface area contributed by atoms with E-state index in [-0.39, 0.29) is 16.4 Å².